The molecule has 2 atom stereocenters. The Morgan fingerprint density at radius 2 is 1.81 bits per heavy atom. The Labute approximate surface area is 331 Å². The monoisotopic (exact) mass is 779 g/mol. The maximum atomic E-state index is 13.9. The minimum atomic E-state index is -1.92. The molecule has 0 bridgehead atoms. The number of rotatable bonds is 16. The van der Waals surface area contributed by atoms with Crippen molar-refractivity contribution in [1.82, 2.24) is 14.5 Å². The topological polar surface area (TPSA) is 192 Å². The molecule has 4 N–H and O–H groups in total. The van der Waals surface area contributed by atoms with E-state index in [2.05, 4.69) is 11.8 Å². The van der Waals surface area contributed by atoms with Crippen molar-refractivity contribution >= 4 is 34.6 Å². The number of nitriles is 1. The maximum Gasteiger partial charge on any atom is 0.417 e. The van der Waals surface area contributed by atoms with Gasteiger partial charge < -0.3 is 34.5 Å². The van der Waals surface area contributed by atoms with Crippen molar-refractivity contribution < 1.29 is 39.4 Å². The average molecular weight is 780 g/mol. The van der Waals surface area contributed by atoms with Gasteiger partial charge in [-0.05, 0) is 106 Å². The van der Waals surface area contributed by atoms with Crippen molar-refractivity contribution in [3.8, 4) is 23.2 Å². The van der Waals surface area contributed by atoms with Crippen LogP contribution in [0.15, 0.2) is 53.3 Å². The Hall–Kier alpha value is -5.78. The number of aryl methyl sites for hydroxylation is 1. The van der Waals surface area contributed by atoms with E-state index in [1.54, 1.807) is 52.8 Å². The van der Waals surface area contributed by atoms with Gasteiger partial charge in [0.1, 0.15) is 18.5 Å². The summed E-state index contributed by atoms with van der Waals surface area (Å²) in [5, 5.41) is 21.6. The van der Waals surface area contributed by atoms with Crippen molar-refractivity contribution in [2.75, 3.05) is 31.3 Å². The third-order valence-corrected chi connectivity index (χ3v) is 11.1. The summed E-state index contributed by atoms with van der Waals surface area (Å²) in [6.45, 7) is 9.29. The van der Waals surface area contributed by atoms with E-state index in [1.807, 2.05) is 32.9 Å². The van der Waals surface area contributed by atoms with Gasteiger partial charge in [0.25, 0.3) is 11.5 Å². The van der Waals surface area contributed by atoms with Crippen LogP contribution in [0.3, 0.4) is 0 Å². The summed E-state index contributed by atoms with van der Waals surface area (Å²) in [4.78, 5) is 61.3. The molecule has 1 unspecified atom stereocenters. The van der Waals surface area contributed by atoms with Gasteiger partial charge in [-0.3, -0.25) is 9.59 Å². The van der Waals surface area contributed by atoms with Gasteiger partial charge in [0.2, 0.25) is 0 Å². The number of nitrogens with zero attached hydrogens (tertiary/aromatic N) is 5. The number of hydrogen-bond donors (Lipinski definition) is 2. The molecular weight excluding hydrogens is 729 g/mol. The number of aromatic nitrogens is 2. The van der Waals surface area contributed by atoms with Gasteiger partial charge >= 0.3 is 12.1 Å². The molecular formula is C43H51N6O8+. The van der Waals surface area contributed by atoms with Gasteiger partial charge in [-0.25, -0.2) is 19.5 Å². The van der Waals surface area contributed by atoms with Gasteiger partial charge in [0, 0.05) is 35.2 Å². The number of fused-ring (bicyclic) bond motifs is 5. The second-order valence-electron chi connectivity index (χ2n) is 14.3. The number of hydrogen-bond acceptors (Lipinski definition) is 10. The molecule has 2 aromatic heterocycles. The molecule has 0 fully saturated rings. The van der Waals surface area contributed by atoms with Crippen LogP contribution in [0, 0.1) is 11.3 Å². The molecule has 2 aliphatic rings. The number of carbonyl (C=O) groups is 3. The Kier molecular flexibility index (Phi) is 12.6. The minimum absolute atomic E-state index is 0.0495. The lowest BCUT2D eigenvalue weighted by Crippen LogP contribution is -2.50. The molecule has 4 aromatic rings. The zero-order valence-corrected chi connectivity index (χ0v) is 33.1. The molecule has 0 spiro atoms. The fourth-order valence-corrected chi connectivity index (χ4v) is 7.72. The van der Waals surface area contributed by atoms with Crippen molar-refractivity contribution in [2.24, 2.45) is 0 Å². The van der Waals surface area contributed by atoms with Crippen LogP contribution in [-0.2, 0) is 39.4 Å². The fourth-order valence-electron chi connectivity index (χ4n) is 7.72. The second kappa shape index (κ2) is 17.6. The lowest BCUT2D eigenvalue weighted by Gasteiger charge is -2.31. The van der Waals surface area contributed by atoms with E-state index in [9.17, 15) is 29.5 Å². The van der Waals surface area contributed by atoms with E-state index >= 15 is 0 Å². The number of anilines is 1. The Balaban J connectivity index is 1.31. The predicted octanol–water partition coefficient (Wildman–Crippen LogP) is 5.19. The van der Waals surface area contributed by atoms with Crippen molar-refractivity contribution in [2.45, 2.75) is 97.5 Å². The van der Waals surface area contributed by atoms with Crippen LogP contribution >= 0.6 is 0 Å². The van der Waals surface area contributed by atoms with Crippen LogP contribution in [-0.4, -0.2) is 70.0 Å². The van der Waals surface area contributed by atoms with E-state index in [0.29, 0.717) is 59.8 Å². The maximum absolute atomic E-state index is 13.9. The van der Waals surface area contributed by atoms with Crippen LogP contribution in [0.2, 0.25) is 0 Å². The first-order chi connectivity index (χ1) is 27.5. The van der Waals surface area contributed by atoms with Gasteiger partial charge in [0.15, 0.2) is 12.3 Å². The molecule has 0 radical (unpaired) electrons. The van der Waals surface area contributed by atoms with E-state index in [0.717, 1.165) is 42.3 Å². The highest BCUT2D eigenvalue weighted by Gasteiger charge is 2.45. The van der Waals surface area contributed by atoms with Crippen LogP contribution in [0.1, 0.15) is 98.8 Å². The molecule has 2 aliphatic heterocycles. The summed E-state index contributed by atoms with van der Waals surface area (Å²) in [5.41, 5.74) is 6.70. The summed E-state index contributed by atoms with van der Waals surface area (Å²) in [6, 6.07) is 16.0. The molecule has 57 heavy (non-hydrogen) atoms. The number of carbonyl (C=O) groups excluding carboxylic acids is 3. The molecule has 2 aromatic carbocycles. The molecule has 0 saturated carbocycles. The van der Waals surface area contributed by atoms with Crippen LogP contribution in [0.4, 0.5) is 10.5 Å². The summed E-state index contributed by atoms with van der Waals surface area (Å²) >= 11 is 0. The van der Waals surface area contributed by atoms with E-state index in [-0.39, 0.29) is 55.3 Å². The van der Waals surface area contributed by atoms with E-state index in [1.165, 1.54) is 4.90 Å². The number of aliphatic hydroxyl groups is 1. The minimum Gasteiger partial charge on any atom is -0.473 e. The summed E-state index contributed by atoms with van der Waals surface area (Å²) in [5.74, 6) is -0.431. The standard InChI is InChI=1S/C43H50N6O8/c1-5-31-32-22-30(17-18-36(32)46-38-33(31)24-48-37(38)23-35-34(40(48)51)25-55-41(52)43(35,54)6-2)56-26-49(42(53)57-29(19-21-45)12-10-9-11-20-44)28-15-13-27(14-16-28)39(50)47(7-3)8-4/h13-18,22-23,29,54H,5-12,19-20,24-26,44H2,1-4H3/p+1/t29?,43-/m0/s1. The van der Waals surface area contributed by atoms with Gasteiger partial charge in [0.05, 0.1) is 53.7 Å². The summed E-state index contributed by atoms with van der Waals surface area (Å²) in [6.07, 6.45) is 2.62. The van der Waals surface area contributed by atoms with Gasteiger partial charge in [-0.2, -0.15) is 5.26 Å². The van der Waals surface area contributed by atoms with Crippen molar-refractivity contribution in [1.29, 1.82) is 5.26 Å². The fraction of sp³-hybridized carbons (Fsp3) is 0.442. The first kappa shape index (κ1) is 40.9. The van der Waals surface area contributed by atoms with E-state index < -0.39 is 23.8 Å². The zero-order chi connectivity index (χ0) is 40.9. The third kappa shape index (κ3) is 7.95. The highest BCUT2D eigenvalue weighted by atomic mass is 16.6. The number of benzene rings is 2. The van der Waals surface area contributed by atoms with Crippen LogP contribution in [0.25, 0.3) is 22.3 Å². The van der Waals surface area contributed by atoms with Crippen molar-refractivity contribution in [3.05, 3.63) is 86.7 Å². The molecule has 0 aliphatic carbocycles. The molecule has 2 amide bonds. The first-order valence-corrected chi connectivity index (χ1v) is 19.8. The first-order valence-electron chi connectivity index (χ1n) is 19.8. The lowest BCUT2D eigenvalue weighted by molar-refractivity contribution is -0.368. The average Bonchev–Trinajstić information content (AvgIpc) is 3.59. The van der Waals surface area contributed by atoms with E-state index in [4.69, 9.17) is 19.2 Å². The molecule has 4 heterocycles. The summed E-state index contributed by atoms with van der Waals surface area (Å²) < 4.78 is 19.0. The molecule has 14 heteroatoms. The number of pyridine rings is 2. The normalized spacial score (nSPS) is 15.8. The number of unbranched alkanes of at least 4 members (excludes halogenated alkanes) is 2. The molecule has 14 nitrogen and oxygen atoms in total. The molecule has 0 saturated heterocycles. The van der Waals surface area contributed by atoms with Gasteiger partial charge in [-0.1, -0.05) is 13.8 Å². The molecule has 6 rings (SSSR count). The Morgan fingerprint density at radius 3 is 2.47 bits per heavy atom. The largest absolute Gasteiger partial charge is 0.473 e. The number of quaternary nitrogens is 1. The highest BCUT2D eigenvalue weighted by Crippen LogP contribution is 2.41. The quantitative estimate of drug-likeness (QED) is 0.0766. The second-order valence-corrected chi connectivity index (χ2v) is 14.3. The number of cyclic esters (lactones) is 1. The van der Waals surface area contributed by atoms with Crippen molar-refractivity contribution in [3.63, 3.8) is 0 Å². The Morgan fingerprint density at radius 1 is 1.05 bits per heavy atom. The number of ether oxygens (including phenoxy) is 3. The molecule has 300 valence electrons. The highest BCUT2D eigenvalue weighted by molar-refractivity contribution is 5.95. The predicted molar refractivity (Wildman–Crippen MR) is 212 cm³/mol. The number of amides is 2. The third-order valence-electron chi connectivity index (χ3n) is 11.1. The Bertz CT molecular complexity index is 2260. The number of esters is 1. The lowest BCUT2D eigenvalue weighted by atomic mass is 9.86. The van der Waals surface area contributed by atoms with Crippen LogP contribution < -0.4 is 20.9 Å². The smallest absolute Gasteiger partial charge is 0.417 e. The van der Waals surface area contributed by atoms with Crippen LogP contribution in [0.5, 0.6) is 5.75 Å². The van der Waals surface area contributed by atoms with Gasteiger partial charge in [-0.15, -0.1) is 0 Å². The SMILES string of the molecule is CCc1c2c(nc3ccc(OCN(C(=O)OC(CC#N)CCCCC[NH3+])c4ccc(C(=O)N(CC)CC)cc4)cc13)-c1cc3c(c(=O)n1C2)COC(=O)[C@]3(O)CC. The summed E-state index contributed by atoms with van der Waals surface area (Å²) in [7, 11) is 0. The zero-order valence-electron chi connectivity index (χ0n) is 33.1.